The zero-order chi connectivity index (χ0) is 14.1. The molecule has 0 amide bonds. The molecule has 2 aliphatic rings. The summed E-state index contributed by atoms with van der Waals surface area (Å²) < 4.78 is 0. The number of aromatic nitrogens is 1. The fourth-order valence-electron chi connectivity index (χ4n) is 2.81. The van der Waals surface area contributed by atoms with Crippen molar-refractivity contribution in [1.82, 2.24) is 20.1 Å². The van der Waals surface area contributed by atoms with Gasteiger partial charge < -0.3 is 5.32 Å². The molecule has 3 heterocycles. The summed E-state index contributed by atoms with van der Waals surface area (Å²) in [7, 11) is 0. The molecule has 0 radical (unpaired) electrons. The number of hydrogen-bond donors (Lipinski definition) is 1. The molecular formula is C14H20Cl2N4. The summed E-state index contributed by atoms with van der Waals surface area (Å²) in [5.41, 5.74) is 1.82. The molecule has 1 aromatic heterocycles. The summed E-state index contributed by atoms with van der Waals surface area (Å²) in [5.74, 6) is 0. The van der Waals surface area contributed by atoms with E-state index in [1.165, 1.54) is 0 Å². The third kappa shape index (κ3) is 3.10. The highest BCUT2D eigenvalue weighted by molar-refractivity contribution is 6.35. The van der Waals surface area contributed by atoms with Gasteiger partial charge >= 0.3 is 0 Å². The Kier molecular flexibility index (Phi) is 4.48. The Bertz CT molecular complexity index is 459. The Morgan fingerprint density at radius 1 is 1.25 bits per heavy atom. The lowest BCUT2D eigenvalue weighted by Crippen LogP contribution is -2.61. The molecule has 0 atom stereocenters. The Labute approximate surface area is 130 Å². The molecule has 0 unspecified atom stereocenters. The number of nitrogens with one attached hydrogen (secondary N) is 1. The van der Waals surface area contributed by atoms with Gasteiger partial charge in [-0.05, 0) is 13.0 Å². The van der Waals surface area contributed by atoms with E-state index in [-0.39, 0.29) is 0 Å². The maximum atomic E-state index is 6.29. The van der Waals surface area contributed by atoms with Gasteiger partial charge in [-0.25, -0.2) is 4.98 Å². The molecule has 0 saturated carbocycles. The molecule has 1 N–H and O–H groups in total. The molecule has 2 saturated heterocycles. The SMILES string of the molecule is Cc1cc(Cl)c(CN2CCN(C3CNC3)CC2)c(Cl)n1. The summed E-state index contributed by atoms with van der Waals surface area (Å²) in [6.07, 6.45) is 0. The molecule has 0 aromatic carbocycles. The second kappa shape index (κ2) is 6.16. The number of piperazine rings is 1. The van der Waals surface area contributed by atoms with Crippen molar-refractivity contribution < 1.29 is 0 Å². The van der Waals surface area contributed by atoms with Crippen LogP contribution in [0.15, 0.2) is 6.07 Å². The van der Waals surface area contributed by atoms with Gasteiger partial charge in [0.15, 0.2) is 0 Å². The number of nitrogens with zero attached hydrogens (tertiary/aromatic N) is 3. The van der Waals surface area contributed by atoms with E-state index < -0.39 is 0 Å². The Morgan fingerprint density at radius 3 is 2.50 bits per heavy atom. The molecule has 20 heavy (non-hydrogen) atoms. The summed E-state index contributed by atoms with van der Waals surface area (Å²) in [6, 6.07) is 2.63. The molecule has 0 spiro atoms. The third-order valence-corrected chi connectivity index (χ3v) is 4.86. The lowest BCUT2D eigenvalue weighted by molar-refractivity contribution is 0.0695. The number of hydrogen-bond acceptors (Lipinski definition) is 4. The summed E-state index contributed by atoms with van der Waals surface area (Å²) >= 11 is 12.5. The molecule has 1 aromatic rings. The van der Waals surface area contributed by atoms with E-state index in [2.05, 4.69) is 20.1 Å². The fraction of sp³-hybridized carbons (Fsp3) is 0.643. The van der Waals surface area contributed by atoms with Crippen LogP contribution in [0.25, 0.3) is 0 Å². The van der Waals surface area contributed by atoms with Crippen LogP contribution >= 0.6 is 23.2 Å². The molecule has 110 valence electrons. The highest BCUT2D eigenvalue weighted by Gasteiger charge is 2.28. The second-order valence-corrected chi connectivity index (χ2v) is 6.40. The quantitative estimate of drug-likeness (QED) is 0.862. The van der Waals surface area contributed by atoms with Crippen molar-refractivity contribution in [1.29, 1.82) is 0 Å². The van der Waals surface area contributed by atoms with E-state index >= 15 is 0 Å². The van der Waals surface area contributed by atoms with Crippen molar-refractivity contribution in [3.8, 4) is 0 Å². The van der Waals surface area contributed by atoms with Gasteiger partial charge in [-0.2, -0.15) is 0 Å². The average molecular weight is 315 g/mol. The standard InChI is InChI=1S/C14H20Cl2N4/c1-10-6-13(15)12(14(16)18-10)9-19-2-4-20(5-3-19)11-7-17-8-11/h6,11,17H,2-5,7-9H2,1H3. The Hall–Kier alpha value is -0.390. The van der Waals surface area contributed by atoms with Crippen LogP contribution in [0.5, 0.6) is 0 Å². The van der Waals surface area contributed by atoms with Gasteiger partial charge in [0.2, 0.25) is 0 Å². The van der Waals surface area contributed by atoms with Gasteiger partial charge in [0.05, 0.1) is 0 Å². The summed E-state index contributed by atoms with van der Waals surface area (Å²) in [4.78, 5) is 9.28. The molecule has 2 aliphatic heterocycles. The fourth-order valence-corrected chi connectivity index (χ4v) is 3.46. The molecule has 3 rings (SSSR count). The second-order valence-electron chi connectivity index (χ2n) is 5.64. The molecule has 0 aliphatic carbocycles. The molecule has 4 nitrogen and oxygen atoms in total. The first kappa shape index (κ1) is 14.5. The van der Waals surface area contributed by atoms with Crippen molar-refractivity contribution >= 4 is 23.2 Å². The monoisotopic (exact) mass is 314 g/mol. The van der Waals surface area contributed by atoms with Crippen LogP contribution in [0.2, 0.25) is 10.2 Å². The minimum atomic E-state index is 0.542. The van der Waals surface area contributed by atoms with Crippen LogP contribution in [0.3, 0.4) is 0 Å². The van der Waals surface area contributed by atoms with Crippen molar-refractivity contribution in [2.75, 3.05) is 39.3 Å². The zero-order valence-electron chi connectivity index (χ0n) is 11.7. The lowest BCUT2D eigenvalue weighted by Gasteiger charge is -2.43. The van der Waals surface area contributed by atoms with Crippen LogP contribution in [-0.2, 0) is 6.54 Å². The third-order valence-electron chi connectivity index (χ3n) is 4.21. The first-order valence-electron chi connectivity index (χ1n) is 7.12. The van der Waals surface area contributed by atoms with Crippen LogP contribution < -0.4 is 5.32 Å². The topological polar surface area (TPSA) is 31.4 Å². The van der Waals surface area contributed by atoms with Gasteiger partial charge in [0.25, 0.3) is 0 Å². The van der Waals surface area contributed by atoms with Gasteiger partial charge in [-0.15, -0.1) is 0 Å². The summed E-state index contributed by atoms with van der Waals surface area (Å²) in [6.45, 7) is 9.36. The van der Waals surface area contributed by atoms with E-state index in [1.54, 1.807) is 0 Å². The van der Waals surface area contributed by atoms with Gasteiger partial charge in [0, 0.05) is 68.1 Å². The van der Waals surface area contributed by atoms with E-state index in [0.29, 0.717) is 5.15 Å². The number of pyridine rings is 1. The molecule has 2 fully saturated rings. The number of halogens is 2. The first-order chi connectivity index (χ1) is 9.63. The molecule has 6 heteroatoms. The first-order valence-corrected chi connectivity index (χ1v) is 7.87. The number of aryl methyl sites for hydroxylation is 1. The van der Waals surface area contributed by atoms with Crippen molar-refractivity contribution in [3.05, 3.63) is 27.5 Å². The van der Waals surface area contributed by atoms with Gasteiger partial charge in [0.1, 0.15) is 5.15 Å². The maximum Gasteiger partial charge on any atom is 0.135 e. The Morgan fingerprint density at radius 2 is 1.95 bits per heavy atom. The largest absolute Gasteiger partial charge is 0.314 e. The Balaban J connectivity index is 1.59. The van der Waals surface area contributed by atoms with Gasteiger partial charge in [-0.3, -0.25) is 9.80 Å². The van der Waals surface area contributed by atoms with Crippen LogP contribution in [0.1, 0.15) is 11.3 Å². The number of rotatable bonds is 3. The molecule has 0 bridgehead atoms. The van der Waals surface area contributed by atoms with Crippen molar-refractivity contribution in [2.24, 2.45) is 0 Å². The van der Waals surface area contributed by atoms with Crippen molar-refractivity contribution in [3.63, 3.8) is 0 Å². The van der Waals surface area contributed by atoms with E-state index in [4.69, 9.17) is 23.2 Å². The average Bonchev–Trinajstić information content (AvgIpc) is 2.33. The van der Waals surface area contributed by atoms with Crippen LogP contribution in [-0.4, -0.2) is 60.1 Å². The summed E-state index contributed by atoms with van der Waals surface area (Å²) in [5, 5.41) is 4.60. The van der Waals surface area contributed by atoms with Crippen LogP contribution in [0.4, 0.5) is 0 Å². The lowest BCUT2D eigenvalue weighted by atomic mass is 10.1. The predicted octanol–water partition coefficient (Wildman–Crippen LogP) is 1.79. The van der Waals surface area contributed by atoms with E-state index in [0.717, 1.165) is 68.1 Å². The predicted molar refractivity (Wildman–Crippen MR) is 82.5 cm³/mol. The van der Waals surface area contributed by atoms with Gasteiger partial charge in [-0.1, -0.05) is 23.2 Å². The van der Waals surface area contributed by atoms with E-state index in [9.17, 15) is 0 Å². The normalized spacial score (nSPS) is 21.9. The van der Waals surface area contributed by atoms with Crippen molar-refractivity contribution in [2.45, 2.75) is 19.5 Å². The molecular weight excluding hydrogens is 295 g/mol. The highest BCUT2D eigenvalue weighted by atomic mass is 35.5. The minimum absolute atomic E-state index is 0.542. The minimum Gasteiger partial charge on any atom is -0.314 e. The smallest absolute Gasteiger partial charge is 0.135 e. The highest BCUT2D eigenvalue weighted by Crippen LogP contribution is 2.25. The van der Waals surface area contributed by atoms with Crippen LogP contribution in [0, 0.1) is 6.92 Å². The van der Waals surface area contributed by atoms with E-state index in [1.807, 2.05) is 13.0 Å². The maximum absolute atomic E-state index is 6.29. The zero-order valence-corrected chi connectivity index (χ0v) is 13.2.